The summed E-state index contributed by atoms with van der Waals surface area (Å²) < 4.78 is 2.00. The van der Waals surface area contributed by atoms with Crippen molar-refractivity contribution in [3.05, 3.63) is 88.2 Å². The zero-order valence-corrected chi connectivity index (χ0v) is 15.6. The van der Waals surface area contributed by atoms with E-state index in [9.17, 15) is 9.90 Å². The second-order valence-electron chi connectivity index (χ2n) is 6.18. The lowest BCUT2D eigenvalue weighted by atomic mass is 9.99. The standard InChI is InChI=1S/C21H14Cl2N2O2/c22-17-9-19-20(10-18(17)23)25(12-24-19)11-13-5-7-14(8-6-13)15-3-1-2-4-16(15)21(26)27/h1-10,12H,11H2,(H,26,27). The van der Waals surface area contributed by atoms with Gasteiger partial charge in [0.15, 0.2) is 0 Å². The van der Waals surface area contributed by atoms with Gasteiger partial charge >= 0.3 is 5.97 Å². The van der Waals surface area contributed by atoms with E-state index in [-0.39, 0.29) is 5.56 Å². The van der Waals surface area contributed by atoms with Crippen LogP contribution in [0.4, 0.5) is 0 Å². The van der Waals surface area contributed by atoms with Crippen LogP contribution in [0.3, 0.4) is 0 Å². The van der Waals surface area contributed by atoms with Crippen LogP contribution >= 0.6 is 23.2 Å². The Morgan fingerprint density at radius 3 is 2.44 bits per heavy atom. The lowest BCUT2D eigenvalue weighted by Crippen LogP contribution is -2.00. The number of carboxylic acids is 1. The fourth-order valence-corrected chi connectivity index (χ4v) is 3.40. The maximum atomic E-state index is 11.4. The molecule has 0 radical (unpaired) electrons. The van der Waals surface area contributed by atoms with Gasteiger partial charge in [-0.05, 0) is 34.9 Å². The lowest BCUT2D eigenvalue weighted by molar-refractivity contribution is 0.0697. The number of carbonyl (C=O) groups is 1. The van der Waals surface area contributed by atoms with Crippen molar-refractivity contribution in [2.45, 2.75) is 6.54 Å². The van der Waals surface area contributed by atoms with Crippen molar-refractivity contribution in [1.29, 1.82) is 0 Å². The van der Waals surface area contributed by atoms with Crippen LogP contribution in [-0.4, -0.2) is 20.6 Å². The van der Waals surface area contributed by atoms with Gasteiger partial charge in [0.1, 0.15) is 0 Å². The molecule has 0 aliphatic carbocycles. The van der Waals surface area contributed by atoms with Crippen molar-refractivity contribution >= 4 is 40.2 Å². The number of hydrogen-bond donors (Lipinski definition) is 1. The van der Waals surface area contributed by atoms with Crippen LogP contribution in [0.25, 0.3) is 22.2 Å². The summed E-state index contributed by atoms with van der Waals surface area (Å²) in [6.07, 6.45) is 1.75. The molecule has 0 spiro atoms. The molecule has 1 aromatic heterocycles. The molecule has 4 nitrogen and oxygen atoms in total. The van der Waals surface area contributed by atoms with E-state index in [1.165, 1.54) is 0 Å². The zero-order chi connectivity index (χ0) is 19.0. The van der Waals surface area contributed by atoms with Crippen LogP contribution in [0.1, 0.15) is 15.9 Å². The Morgan fingerprint density at radius 2 is 1.70 bits per heavy atom. The topological polar surface area (TPSA) is 55.1 Å². The summed E-state index contributed by atoms with van der Waals surface area (Å²) in [4.78, 5) is 15.8. The van der Waals surface area contributed by atoms with Gasteiger partial charge in [-0.25, -0.2) is 9.78 Å². The summed E-state index contributed by atoms with van der Waals surface area (Å²) in [5.74, 6) is -0.935. The van der Waals surface area contributed by atoms with E-state index in [1.54, 1.807) is 24.5 Å². The highest BCUT2D eigenvalue weighted by Gasteiger charge is 2.11. The van der Waals surface area contributed by atoms with E-state index >= 15 is 0 Å². The highest BCUT2D eigenvalue weighted by Crippen LogP contribution is 2.28. The number of halogens is 2. The van der Waals surface area contributed by atoms with Crippen molar-refractivity contribution in [2.24, 2.45) is 0 Å². The third-order valence-corrected chi connectivity index (χ3v) is 5.16. The number of benzene rings is 3. The summed E-state index contributed by atoms with van der Waals surface area (Å²) in [5, 5.41) is 10.3. The lowest BCUT2D eigenvalue weighted by Gasteiger charge is -2.09. The largest absolute Gasteiger partial charge is 0.478 e. The first kappa shape index (κ1) is 17.6. The molecule has 3 aromatic carbocycles. The third-order valence-electron chi connectivity index (χ3n) is 4.44. The van der Waals surface area contributed by atoms with Gasteiger partial charge in [-0.2, -0.15) is 0 Å². The molecule has 0 saturated heterocycles. The molecular formula is C21H14Cl2N2O2. The molecule has 0 aliphatic heterocycles. The number of aromatic nitrogens is 2. The zero-order valence-electron chi connectivity index (χ0n) is 14.1. The van der Waals surface area contributed by atoms with Gasteiger partial charge in [-0.15, -0.1) is 0 Å². The van der Waals surface area contributed by atoms with E-state index in [0.29, 0.717) is 22.2 Å². The first-order valence-electron chi connectivity index (χ1n) is 8.24. The van der Waals surface area contributed by atoms with E-state index in [0.717, 1.165) is 22.2 Å². The Morgan fingerprint density at radius 1 is 1.00 bits per heavy atom. The maximum absolute atomic E-state index is 11.4. The molecule has 27 heavy (non-hydrogen) atoms. The van der Waals surface area contributed by atoms with Crippen molar-refractivity contribution in [3.8, 4) is 11.1 Å². The molecule has 0 aliphatic rings. The second kappa shape index (κ2) is 7.06. The van der Waals surface area contributed by atoms with Crippen molar-refractivity contribution in [2.75, 3.05) is 0 Å². The van der Waals surface area contributed by atoms with Gasteiger partial charge in [0.2, 0.25) is 0 Å². The molecule has 0 bridgehead atoms. The minimum absolute atomic E-state index is 0.289. The number of rotatable bonds is 4. The molecule has 0 atom stereocenters. The fraction of sp³-hybridized carbons (Fsp3) is 0.0476. The van der Waals surface area contributed by atoms with Gasteiger partial charge in [0.25, 0.3) is 0 Å². The van der Waals surface area contributed by atoms with Gasteiger partial charge in [-0.3, -0.25) is 0 Å². The van der Waals surface area contributed by atoms with E-state index in [4.69, 9.17) is 23.2 Å². The summed E-state index contributed by atoms with van der Waals surface area (Å²) >= 11 is 12.2. The monoisotopic (exact) mass is 396 g/mol. The quantitative estimate of drug-likeness (QED) is 0.477. The molecule has 134 valence electrons. The van der Waals surface area contributed by atoms with Crippen LogP contribution in [0.5, 0.6) is 0 Å². The molecule has 0 amide bonds. The molecular weight excluding hydrogens is 383 g/mol. The van der Waals surface area contributed by atoms with E-state index in [2.05, 4.69) is 4.98 Å². The van der Waals surface area contributed by atoms with Crippen LogP contribution in [0.15, 0.2) is 67.0 Å². The SMILES string of the molecule is O=C(O)c1ccccc1-c1ccc(Cn2cnc3cc(Cl)c(Cl)cc32)cc1. The number of carboxylic acid groups (broad SMARTS) is 1. The summed E-state index contributed by atoms with van der Waals surface area (Å²) in [5.41, 5.74) is 4.61. The first-order chi connectivity index (χ1) is 13.0. The molecule has 1 N–H and O–H groups in total. The number of fused-ring (bicyclic) bond motifs is 1. The van der Waals surface area contributed by atoms with Crippen LogP contribution in [-0.2, 0) is 6.54 Å². The third kappa shape index (κ3) is 3.42. The molecule has 0 fully saturated rings. The number of imidazole rings is 1. The Bertz CT molecular complexity index is 1150. The maximum Gasteiger partial charge on any atom is 0.336 e. The predicted molar refractivity (Wildman–Crippen MR) is 108 cm³/mol. The van der Waals surface area contributed by atoms with Crippen LogP contribution in [0, 0.1) is 0 Å². The van der Waals surface area contributed by atoms with E-state index in [1.807, 2.05) is 47.0 Å². The Hall–Kier alpha value is -2.82. The molecule has 1 heterocycles. The summed E-state index contributed by atoms with van der Waals surface area (Å²) in [7, 11) is 0. The van der Waals surface area contributed by atoms with Crippen molar-refractivity contribution in [1.82, 2.24) is 9.55 Å². The molecule has 6 heteroatoms. The average molecular weight is 397 g/mol. The predicted octanol–water partition coefficient (Wildman–Crippen LogP) is 5.76. The van der Waals surface area contributed by atoms with Crippen molar-refractivity contribution < 1.29 is 9.90 Å². The average Bonchev–Trinajstić information content (AvgIpc) is 3.04. The van der Waals surface area contributed by atoms with Gasteiger partial charge < -0.3 is 9.67 Å². The molecule has 0 saturated carbocycles. The number of nitrogens with zero attached hydrogens (tertiary/aromatic N) is 2. The van der Waals surface area contributed by atoms with Gasteiger partial charge in [-0.1, -0.05) is 65.7 Å². The smallest absolute Gasteiger partial charge is 0.336 e. The first-order valence-corrected chi connectivity index (χ1v) is 9.00. The second-order valence-corrected chi connectivity index (χ2v) is 6.99. The Kier molecular flexibility index (Phi) is 4.60. The highest BCUT2D eigenvalue weighted by molar-refractivity contribution is 6.42. The van der Waals surface area contributed by atoms with Crippen LogP contribution < -0.4 is 0 Å². The highest BCUT2D eigenvalue weighted by atomic mass is 35.5. The fourth-order valence-electron chi connectivity index (χ4n) is 3.09. The Balaban J connectivity index is 1.64. The molecule has 0 unspecified atom stereocenters. The van der Waals surface area contributed by atoms with Crippen molar-refractivity contribution in [3.63, 3.8) is 0 Å². The van der Waals surface area contributed by atoms with Gasteiger partial charge in [0.05, 0.1) is 33.0 Å². The minimum Gasteiger partial charge on any atom is -0.478 e. The Labute approximate surface area is 165 Å². The number of hydrogen-bond acceptors (Lipinski definition) is 2. The molecule has 4 rings (SSSR count). The molecule has 4 aromatic rings. The number of aromatic carboxylic acids is 1. The van der Waals surface area contributed by atoms with Crippen LogP contribution in [0.2, 0.25) is 10.0 Å². The summed E-state index contributed by atoms with van der Waals surface area (Å²) in [6, 6.07) is 18.4. The van der Waals surface area contributed by atoms with Gasteiger partial charge in [0, 0.05) is 6.54 Å². The minimum atomic E-state index is -0.935. The van der Waals surface area contributed by atoms with E-state index < -0.39 is 5.97 Å². The normalized spacial score (nSPS) is 11.0. The summed E-state index contributed by atoms with van der Waals surface area (Å²) in [6.45, 7) is 0.620.